The Kier molecular flexibility index (Phi) is 10.3. The van der Waals surface area contributed by atoms with Crippen LogP contribution in [0, 0.1) is 22.7 Å². The van der Waals surface area contributed by atoms with E-state index in [4.69, 9.17) is 10.3 Å². The number of nitrogens with two attached hydrogens (primary N) is 1. The molecule has 0 radical (unpaired) electrons. The van der Waals surface area contributed by atoms with Gasteiger partial charge >= 0.3 is 0 Å². The first-order chi connectivity index (χ1) is 24.8. The molecular weight excluding hydrogens is 683 g/mol. The predicted molar refractivity (Wildman–Crippen MR) is 199 cm³/mol. The average molecular weight is 727 g/mol. The highest BCUT2D eigenvalue weighted by Gasteiger charge is 2.51. The number of anilines is 2. The number of para-hydroxylation sites is 1. The van der Waals surface area contributed by atoms with E-state index < -0.39 is 59.7 Å². The van der Waals surface area contributed by atoms with Gasteiger partial charge in [-0.1, -0.05) is 49.4 Å². The van der Waals surface area contributed by atoms with Crippen molar-refractivity contribution in [1.82, 2.24) is 0 Å². The third kappa shape index (κ3) is 6.34. The van der Waals surface area contributed by atoms with Gasteiger partial charge in [0.15, 0.2) is 11.6 Å². The molecule has 0 fully saturated rings. The van der Waals surface area contributed by atoms with E-state index in [-0.39, 0.29) is 48.5 Å². The lowest BCUT2D eigenvalue weighted by Gasteiger charge is -2.41. The summed E-state index contributed by atoms with van der Waals surface area (Å²) in [6.07, 6.45) is 1.57. The molecule has 13 heteroatoms. The van der Waals surface area contributed by atoms with Crippen LogP contribution in [0.15, 0.2) is 88.4 Å². The van der Waals surface area contributed by atoms with Crippen molar-refractivity contribution >= 4 is 36.2 Å². The van der Waals surface area contributed by atoms with Gasteiger partial charge in [0.25, 0.3) is 5.91 Å². The second-order valence-corrected chi connectivity index (χ2v) is 16.5. The fraction of sp³-hybridized carbons (Fsp3) is 0.359. The van der Waals surface area contributed by atoms with Gasteiger partial charge in [0.1, 0.15) is 28.6 Å². The molecule has 0 aliphatic heterocycles. The number of phenolic OH excluding ortho intramolecular Hbond substituents is 1. The first kappa shape index (κ1) is 36.7. The van der Waals surface area contributed by atoms with E-state index in [1.165, 1.54) is 0 Å². The molecule has 3 aliphatic rings. The summed E-state index contributed by atoms with van der Waals surface area (Å²) in [5, 5.41) is 29.7. The Bertz CT molecular complexity index is 2050. The highest BCUT2D eigenvalue weighted by atomic mass is 31.2. The van der Waals surface area contributed by atoms with Crippen molar-refractivity contribution in [3.63, 3.8) is 0 Å². The van der Waals surface area contributed by atoms with E-state index in [1.54, 1.807) is 12.1 Å². The molecule has 3 aromatic rings. The van der Waals surface area contributed by atoms with Gasteiger partial charge < -0.3 is 30.7 Å². The largest absolute Gasteiger partial charge is 0.511 e. The van der Waals surface area contributed by atoms with Crippen LogP contribution in [0.4, 0.5) is 11.4 Å². The number of aliphatic hydroxyl groups excluding tert-OH is 1. The molecule has 0 saturated carbocycles. The molecule has 5 atom stereocenters. The van der Waals surface area contributed by atoms with E-state index in [0.29, 0.717) is 35.0 Å². The van der Waals surface area contributed by atoms with Gasteiger partial charge in [-0.05, 0) is 84.5 Å². The number of Topliss-reactive ketones (excluding diaryl/α,β-unsaturated/α-hetero) is 2. The number of hydrogen-bond donors (Lipinski definition) is 4. The summed E-state index contributed by atoms with van der Waals surface area (Å²) in [6, 6.07) is 18.6. The summed E-state index contributed by atoms with van der Waals surface area (Å²) in [5.74, 6) is -6.23. The predicted octanol–water partition coefficient (Wildman–Crippen LogP) is 7.24. The van der Waals surface area contributed by atoms with Gasteiger partial charge in [-0.2, -0.15) is 0 Å². The van der Waals surface area contributed by atoms with Crippen LogP contribution in [0.5, 0.6) is 5.75 Å². The Hall–Kier alpha value is -5.06. The van der Waals surface area contributed by atoms with Gasteiger partial charge in [-0.15, -0.1) is 4.91 Å². The van der Waals surface area contributed by atoms with E-state index in [9.17, 15) is 34.1 Å². The van der Waals surface area contributed by atoms with Crippen LogP contribution in [0.1, 0.15) is 60.4 Å². The number of aliphatic hydroxyl groups is 1. The maximum atomic E-state index is 14.4. The number of nitroso groups, excluding NO2 is 1. The first-order valence-electron chi connectivity index (χ1n) is 17.4. The van der Waals surface area contributed by atoms with Gasteiger partial charge in [0.2, 0.25) is 7.37 Å². The Morgan fingerprint density at radius 3 is 2.37 bits per heavy atom. The molecule has 5 unspecified atom stereocenters. The molecule has 0 heterocycles. The lowest BCUT2D eigenvalue weighted by Crippen LogP contribution is -2.43. The second-order valence-electron chi connectivity index (χ2n) is 13.8. The maximum absolute atomic E-state index is 14.4. The van der Waals surface area contributed by atoms with Crippen LogP contribution in [0.3, 0.4) is 0 Å². The minimum Gasteiger partial charge on any atom is -0.511 e. The Labute approximate surface area is 302 Å². The summed E-state index contributed by atoms with van der Waals surface area (Å²) >= 11 is 0. The summed E-state index contributed by atoms with van der Waals surface area (Å²) in [7, 11) is 0.446. The number of nitrogens with one attached hydrogen (secondary N) is 1. The van der Waals surface area contributed by atoms with Crippen LogP contribution < -0.4 is 16.0 Å². The molecule has 0 aromatic heterocycles. The van der Waals surface area contributed by atoms with Crippen LogP contribution >= 0.6 is 7.37 Å². The number of ketones is 2. The number of allylic oxidation sites excluding steroid dienone is 3. The molecule has 5 N–H and O–H groups in total. The number of hydrogen-bond acceptors (Lipinski definition) is 11. The van der Waals surface area contributed by atoms with Gasteiger partial charge in [0, 0.05) is 42.8 Å². The number of phenols is 1. The number of amides is 1. The minimum atomic E-state index is -3.22. The minimum absolute atomic E-state index is 0.0124. The van der Waals surface area contributed by atoms with Crippen LogP contribution in [0.2, 0.25) is 0 Å². The number of carbonyl (C=O) groups is 3. The third-order valence-corrected chi connectivity index (χ3v) is 13.3. The molecule has 3 aromatic carbocycles. The highest BCUT2D eigenvalue weighted by molar-refractivity contribution is 7.59. The van der Waals surface area contributed by atoms with E-state index >= 15 is 0 Å². The smallest absolute Gasteiger partial charge is 0.254 e. The first-order valence-corrected chi connectivity index (χ1v) is 19.3. The lowest BCUT2D eigenvalue weighted by atomic mass is 9.62. The number of rotatable bonds is 12. The molecule has 6 rings (SSSR count). The van der Waals surface area contributed by atoms with Gasteiger partial charge in [-0.25, -0.2) is 0 Å². The number of benzene rings is 3. The average Bonchev–Trinajstić information content (AvgIpc) is 3.10. The molecule has 52 heavy (non-hydrogen) atoms. The maximum Gasteiger partial charge on any atom is 0.254 e. The van der Waals surface area contributed by atoms with Crippen molar-refractivity contribution in [2.45, 2.75) is 45.3 Å². The monoisotopic (exact) mass is 726 g/mol. The molecule has 1 amide bonds. The molecule has 12 nitrogen and oxygen atoms in total. The lowest BCUT2D eigenvalue weighted by molar-refractivity contribution is -0.125. The van der Waals surface area contributed by atoms with Gasteiger partial charge in [0.05, 0.1) is 18.1 Å². The third-order valence-electron chi connectivity index (χ3n) is 10.3. The number of aromatic hydroxyl groups is 1. The number of carbonyl (C=O) groups excluding carboxylic acids is 3. The topological polar surface area (TPSA) is 189 Å². The second kappa shape index (κ2) is 14.5. The van der Waals surface area contributed by atoms with E-state index in [1.807, 2.05) is 81.4 Å². The number of fused-ring (bicyclic) bond motifs is 3. The van der Waals surface area contributed by atoms with Gasteiger partial charge in [-0.3, -0.25) is 18.9 Å². The summed E-state index contributed by atoms with van der Waals surface area (Å²) in [6.45, 7) is 4.07. The van der Waals surface area contributed by atoms with Crippen molar-refractivity contribution in [2.24, 2.45) is 28.7 Å². The molecule has 272 valence electrons. The van der Waals surface area contributed by atoms with Crippen molar-refractivity contribution < 1.29 is 33.7 Å². The Balaban J connectivity index is 1.43. The van der Waals surface area contributed by atoms with Crippen LogP contribution in [0.25, 0.3) is 11.1 Å². The summed E-state index contributed by atoms with van der Waals surface area (Å²) in [5.41, 5.74) is 8.43. The molecule has 0 saturated heterocycles. The zero-order valence-corrected chi connectivity index (χ0v) is 30.5. The summed E-state index contributed by atoms with van der Waals surface area (Å²) < 4.78 is 20.3. The van der Waals surface area contributed by atoms with Crippen LogP contribution in [-0.2, 0) is 25.1 Å². The fourth-order valence-electron chi connectivity index (χ4n) is 8.13. The standard InChI is InChI=1S/C39H43N4O8P/c1-5-16-52(50,51-6-2)39(41-25-10-8-7-9-11-25)22-14-12-21(13-15-22)26-20-29(43(3)4)27-18-23-17-24-19-28(42-49)33(38(40)48)37(47)31(24)35(45)30(23)36(46)32(27)34(26)44/h7-15,20,23-24,31,39,41,44-45H,5-6,16-19H2,1-4H3,(H2,40,48). The quantitative estimate of drug-likeness (QED) is 0.0841. The number of nitrogens with zero attached hydrogens (tertiary/aromatic N) is 2. The van der Waals surface area contributed by atoms with Crippen molar-refractivity contribution in [3.8, 4) is 16.9 Å². The molecule has 3 aliphatic carbocycles. The fourth-order valence-corrected chi connectivity index (χ4v) is 10.7. The van der Waals surface area contributed by atoms with E-state index in [0.717, 1.165) is 11.3 Å². The summed E-state index contributed by atoms with van der Waals surface area (Å²) in [4.78, 5) is 53.3. The van der Waals surface area contributed by atoms with Crippen molar-refractivity contribution in [2.75, 3.05) is 37.1 Å². The zero-order valence-electron chi connectivity index (χ0n) is 29.6. The Morgan fingerprint density at radius 2 is 1.77 bits per heavy atom. The molecule has 0 bridgehead atoms. The Morgan fingerprint density at radius 1 is 1.08 bits per heavy atom. The van der Waals surface area contributed by atoms with E-state index in [2.05, 4.69) is 10.5 Å². The SMILES string of the molecule is CCCP(=O)(OCC)C(Nc1ccccc1)c1ccc(-c2cc(N(C)C)c3c(c2O)C(=O)C2=C(O)C4C(=O)C(C(N)=O)=C(N=O)CC4CC2C3)cc1. The highest BCUT2D eigenvalue weighted by Crippen LogP contribution is 2.60. The molecular formula is C39H43N4O8P. The zero-order chi connectivity index (χ0) is 37.5. The number of primary amides is 1. The normalized spacial score (nSPS) is 21.4. The van der Waals surface area contributed by atoms with Crippen molar-refractivity contribution in [1.29, 1.82) is 0 Å². The van der Waals surface area contributed by atoms with Crippen molar-refractivity contribution in [3.05, 3.63) is 105 Å². The van der Waals surface area contributed by atoms with Crippen LogP contribution in [-0.4, -0.2) is 54.6 Å². The molecule has 0 spiro atoms.